The van der Waals surface area contributed by atoms with Gasteiger partial charge in [-0.25, -0.2) is 4.98 Å². The van der Waals surface area contributed by atoms with Crippen molar-refractivity contribution in [3.05, 3.63) is 23.9 Å². The van der Waals surface area contributed by atoms with E-state index in [2.05, 4.69) is 15.2 Å². The van der Waals surface area contributed by atoms with Crippen LogP contribution < -0.4 is 16.0 Å². The smallest absolute Gasteiger partial charge is 0.255 e. The number of nitrogens with one attached hydrogen (secondary N) is 1. The monoisotopic (exact) mass is 248 g/mol. The minimum absolute atomic E-state index is 0.0570. The van der Waals surface area contributed by atoms with Gasteiger partial charge in [0, 0.05) is 25.8 Å². The molecule has 0 unspecified atom stereocenters. The van der Waals surface area contributed by atoms with Crippen LogP contribution in [0.4, 0.5) is 5.82 Å². The zero-order valence-corrected chi connectivity index (χ0v) is 10.6. The van der Waals surface area contributed by atoms with E-state index < -0.39 is 0 Å². The summed E-state index contributed by atoms with van der Waals surface area (Å²) in [5.41, 5.74) is 6.07. The summed E-state index contributed by atoms with van der Waals surface area (Å²) in [5.74, 6) is 0.749. The van der Waals surface area contributed by atoms with Gasteiger partial charge >= 0.3 is 0 Å². The maximum Gasteiger partial charge on any atom is 0.255 e. The number of aromatic nitrogens is 1. The van der Waals surface area contributed by atoms with Gasteiger partial charge in [0.1, 0.15) is 5.82 Å². The zero-order valence-electron chi connectivity index (χ0n) is 10.6. The minimum Gasteiger partial charge on any atom is -0.356 e. The number of rotatable bonds is 5. The maximum atomic E-state index is 12.1. The molecule has 1 aromatic heterocycles. The van der Waals surface area contributed by atoms with E-state index in [1.807, 2.05) is 6.07 Å². The lowest BCUT2D eigenvalue weighted by molar-refractivity contribution is 0.0953. The fraction of sp³-hybridized carbons (Fsp3) is 0.538. The molecule has 0 saturated carbocycles. The van der Waals surface area contributed by atoms with Gasteiger partial charge in [-0.1, -0.05) is 0 Å². The topological polar surface area (TPSA) is 71.2 Å². The van der Waals surface area contributed by atoms with E-state index in [1.165, 1.54) is 12.8 Å². The van der Waals surface area contributed by atoms with Gasteiger partial charge in [0.15, 0.2) is 0 Å². The third-order valence-electron chi connectivity index (χ3n) is 3.10. The Morgan fingerprint density at radius 1 is 1.44 bits per heavy atom. The first kappa shape index (κ1) is 12.8. The number of nitrogens with zero attached hydrogens (tertiary/aromatic N) is 2. The largest absolute Gasteiger partial charge is 0.356 e. The normalized spacial score (nSPS) is 14.8. The highest BCUT2D eigenvalue weighted by Crippen LogP contribution is 2.21. The Balaban J connectivity index is 2.08. The highest BCUT2D eigenvalue weighted by atomic mass is 16.1. The van der Waals surface area contributed by atoms with Crippen molar-refractivity contribution in [1.82, 2.24) is 10.3 Å². The van der Waals surface area contributed by atoms with E-state index >= 15 is 0 Å². The third kappa shape index (κ3) is 2.98. The Hall–Kier alpha value is -1.62. The van der Waals surface area contributed by atoms with Crippen LogP contribution in [0.2, 0.25) is 0 Å². The van der Waals surface area contributed by atoms with Crippen LogP contribution in [-0.2, 0) is 0 Å². The number of carbonyl (C=O) groups excluding carboxylic acids is 1. The zero-order chi connectivity index (χ0) is 12.8. The third-order valence-corrected chi connectivity index (χ3v) is 3.10. The van der Waals surface area contributed by atoms with Crippen molar-refractivity contribution in [3.63, 3.8) is 0 Å². The average molecular weight is 248 g/mol. The Morgan fingerprint density at radius 3 is 2.94 bits per heavy atom. The van der Waals surface area contributed by atoms with Crippen LogP contribution in [0, 0.1) is 0 Å². The molecule has 1 fully saturated rings. The molecule has 0 radical (unpaired) electrons. The number of pyridine rings is 1. The minimum atomic E-state index is -0.0570. The Bertz CT molecular complexity index is 402. The van der Waals surface area contributed by atoms with Gasteiger partial charge in [-0.2, -0.15) is 0 Å². The lowest BCUT2D eigenvalue weighted by Gasteiger charge is -2.19. The molecule has 1 aliphatic heterocycles. The lowest BCUT2D eigenvalue weighted by Crippen LogP contribution is -2.29. The summed E-state index contributed by atoms with van der Waals surface area (Å²) >= 11 is 0. The highest BCUT2D eigenvalue weighted by Gasteiger charge is 2.19. The Labute approximate surface area is 107 Å². The summed E-state index contributed by atoms with van der Waals surface area (Å²) < 4.78 is 0. The first-order chi connectivity index (χ1) is 8.83. The number of hydrogen-bond acceptors (Lipinski definition) is 4. The van der Waals surface area contributed by atoms with Gasteiger partial charge in [0.25, 0.3) is 5.91 Å². The summed E-state index contributed by atoms with van der Waals surface area (Å²) in [6.45, 7) is 3.18. The molecular weight excluding hydrogens is 228 g/mol. The molecule has 98 valence electrons. The Kier molecular flexibility index (Phi) is 4.52. The maximum absolute atomic E-state index is 12.1. The molecule has 2 heterocycles. The molecule has 2 rings (SSSR count). The molecule has 1 aromatic rings. The van der Waals surface area contributed by atoms with Crippen LogP contribution >= 0.6 is 0 Å². The van der Waals surface area contributed by atoms with Gasteiger partial charge in [-0.15, -0.1) is 0 Å². The molecule has 1 aliphatic rings. The van der Waals surface area contributed by atoms with Crippen LogP contribution in [0.15, 0.2) is 18.3 Å². The van der Waals surface area contributed by atoms with Crippen molar-refractivity contribution >= 4 is 11.7 Å². The number of amides is 1. The Morgan fingerprint density at radius 2 is 2.22 bits per heavy atom. The quantitative estimate of drug-likeness (QED) is 0.755. The fourth-order valence-electron chi connectivity index (χ4n) is 2.15. The van der Waals surface area contributed by atoms with Crippen LogP contribution in [0.5, 0.6) is 0 Å². The van der Waals surface area contributed by atoms with Gasteiger partial charge < -0.3 is 16.0 Å². The molecular formula is C13H20N4O. The molecule has 5 heteroatoms. The number of anilines is 1. The average Bonchev–Trinajstić information content (AvgIpc) is 2.93. The molecule has 0 spiro atoms. The molecule has 0 atom stereocenters. The predicted octanol–water partition coefficient (Wildman–Crippen LogP) is 0.760. The SMILES string of the molecule is NCCCNC(=O)c1cccnc1N1CCCC1. The van der Waals surface area contributed by atoms with Crippen molar-refractivity contribution < 1.29 is 4.79 Å². The molecule has 1 saturated heterocycles. The van der Waals surface area contributed by atoms with Crippen molar-refractivity contribution in [1.29, 1.82) is 0 Å². The van der Waals surface area contributed by atoms with Crippen molar-refractivity contribution in [2.45, 2.75) is 19.3 Å². The second kappa shape index (κ2) is 6.35. The molecule has 0 bridgehead atoms. The molecule has 3 N–H and O–H groups in total. The second-order valence-electron chi connectivity index (χ2n) is 4.47. The van der Waals surface area contributed by atoms with E-state index in [4.69, 9.17) is 5.73 Å². The number of carbonyl (C=O) groups is 1. The van der Waals surface area contributed by atoms with Gasteiger partial charge in [-0.3, -0.25) is 4.79 Å². The van der Waals surface area contributed by atoms with Crippen molar-refractivity contribution in [2.24, 2.45) is 5.73 Å². The molecule has 18 heavy (non-hydrogen) atoms. The van der Waals surface area contributed by atoms with E-state index in [0.29, 0.717) is 18.7 Å². The first-order valence-corrected chi connectivity index (χ1v) is 6.51. The van der Waals surface area contributed by atoms with E-state index in [1.54, 1.807) is 12.3 Å². The molecule has 0 aromatic carbocycles. The van der Waals surface area contributed by atoms with Gasteiger partial charge in [0.05, 0.1) is 5.56 Å². The predicted molar refractivity (Wildman–Crippen MR) is 71.7 cm³/mol. The molecule has 5 nitrogen and oxygen atoms in total. The summed E-state index contributed by atoms with van der Waals surface area (Å²) in [6, 6.07) is 3.63. The fourth-order valence-corrected chi connectivity index (χ4v) is 2.15. The van der Waals surface area contributed by atoms with Crippen LogP contribution in [0.25, 0.3) is 0 Å². The van der Waals surface area contributed by atoms with E-state index in [-0.39, 0.29) is 5.91 Å². The van der Waals surface area contributed by atoms with Crippen LogP contribution in [0.3, 0.4) is 0 Å². The summed E-state index contributed by atoms with van der Waals surface area (Å²) in [4.78, 5) is 18.6. The van der Waals surface area contributed by atoms with Crippen LogP contribution in [-0.4, -0.2) is 37.1 Å². The van der Waals surface area contributed by atoms with Gasteiger partial charge in [0.2, 0.25) is 0 Å². The van der Waals surface area contributed by atoms with E-state index in [0.717, 1.165) is 25.3 Å². The van der Waals surface area contributed by atoms with E-state index in [9.17, 15) is 4.79 Å². The second-order valence-corrected chi connectivity index (χ2v) is 4.47. The molecule has 1 amide bonds. The van der Waals surface area contributed by atoms with Gasteiger partial charge in [-0.05, 0) is 37.9 Å². The lowest BCUT2D eigenvalue weighted by atomic mass is 10.2. The van der Waals surface area contributed by atoms with Crippen molar-refractivity contribution in [3.8, 4) is 0 Å². The number of hydrogen-bond donors (Lipinski definition) is 2. The number of nitrogens with two attached hydrogens (primary N) is 1. The van der Waals surface area contributed by atoms with Crippen LogP contribution in [0.1, 0.15) is 29.6 Å². The molecule has 0 aliphatic carbocycles. The summed E-state index contributed by atoms with van der Waals surface area (Å²) in [7, 11) is 0. The summed E-state index contributed by atoms with van der Waals surface area (Å²) in [5, 5.41) is 2.88. The highest BCUT2D eigenvalue weighted by molar-refractivity contribution is 5.98. The van der Waals surface area contributed by atoms with Crippen molar-refractivity contribution in [2.75, 3.05) is 31.1 Å². The first-order valence-electron chi connectivity index (χ1n) is 6.51. The summed E-state index contributed by atoms with van der Waals surface area (Å²) in [6.07, 6.45) is 4.88. The standard InChI is InChI=1S/C13H20N4O/c14-6-4-8-16-13(18)11-5-3-7-15-12(11)17-9-1-2-10-17/h3,5,7H,1-2,4,6,8-10,14H2,(H,16,18).